The number of carbonyl (C=O) groups is 1. The number of nitrogens with one attached hydrogen (secondary N) is 1. The van der Waals surface area contributed by atoms with Crippen molar-refractivity contribution in [2.45, 2.75) is 71.1 Å². The summed E-state index contributed by atoms with van der Waals surface area (Å²) in [6.45, 7) is 4.98. The van der Waals surface area contributed by atoms with E-state index in [9.17, 15) is 4.79 Å². The van der Waals surface area contributed by atoms with Crippen LogP contribution in [0.4, 0.5) is 4.79 Å². The van der Waals surface area contributed by atoms with Crippen LogP contribution in [0, 0.1) is 0 Å². The summed E-state index contributed by atoms with van der Waals surface area (Å²) < 4.78 is 0. The number of amides is 2. The number of likely N-dealkylation sites (tertiary alicyclic amines) is 1. The van der Waals surface area contributed by atoms with E-state index in [4.69, 9.17) is 0 Å². The lowest BCUT2D eigenvalue weighted by Crippen LogP contribution is -2.40. The fourth-order valence-electron chi connectivity index (χ4n) is 2.49. The highest BCUT2D eigenvalue weighted by molar-refractivity contribution is 5.74. The van der Waals surface area contributed by atoms with E-state index < -0.39 is 0 Å². The Hall–Kier alpha value is -0.730. The molecule has 3 nitrogen and oxygen atoms in total. The smallest absolute Gasteiger partial charge is 0.317 e. The summed E-state index contributed by atoms with van der Waals surface area (Å²) >= 11 is 0. The van der Waals surface area contributed by atoms with Crippen molar-refractivity contribution in [3.05, 3.63) is 0 Å². The van der Waals surface area contributed by atoms with Gasteiger partial charge in [0, 0.05) is 19.6 Å². The first-order valence-corrected chi connectivity index (χ1v) is 7.87. The van der Waals surface area contributed by atoms with Crippen LogP contribution in [0.1, 0.15) is 71.1 Å². The van der Waals surface area contributed by atoms with E-state index in [-0.39, 0.29) is 6.03 Å². The Balaban J connectivity index is 1.98. The number of hydrogen-bond donors (Lipinski definition) is 1. The summed E-state index contributed by atoms with van der Waals surface area (Å²) in [6, 6.07) is 0.158. The summed E-state index contributed by atoms with van der Waals surface area (Å²) in [4.78, 5) is 13.9. The molecule has 1 aliphatic heterocycles. The number of hydrogen-bond acceptors (Lipinski definition) is 1. The van der Waals surface area contributed by atoms with E-state index in [1.807, 2.05) is 4.90 Å². The molecule has 0 aromatic carbocycles. The van der Waals surface area contributed by atoms with Gasteiger partial charge >= 0.3 is 6.03 Å². The summed E-state index contributed by atoms with van der Waals surface area (Å²) in [5.74, 6) is 0. The molecule has 0 spiro atoms. The Morgan fingerprint density at radius 3 is 2.22 bits per heavy atom. The molecule has 18 heavy (non-hydrogen) atoms. The molecule has 0 atom stereocenters. The third kappa shape index (κ3) is 6.87. The molecule has 0 unspecified atom stereocenters. The highest BCUT2D eigenvalue weighted by Crippen LogP contribution is 2.09. The lowest BCUT2D eigenvalue weighted by Gasteiger charge is -2.20. The number of unbranched alkanes of at least 4 members (excludes halogenated alkanes) is 5. The number of rotatable bonds is 7. The standard InChI is InChI=1S/C15H30N2O/c1-2-3-4-5-6-9-12-16-15(18)17-13-10-7-8-11-14-17/h2-14H2,1H3,(H,16,18). The first-order chi connectivity index (χ1) is 8.84. The van der Waals surface area contributed by atoms with Crippen LogP contribution in [0.2, 0.25) is 0 Å². The van der Waals surface area contributed by atoms with E-state index in [0.717, 1.165) is 26.1 Å². The van der Waals surface area contributed by atoms with Gasteiger partial charge < -0.3 is 10.2 Å². The quantitative estimate of drug-likeness (QED) is 0.686. The summed E-state index contributed by atoms with van der Waals surface area (Å²) in [6.07, 6.45) is 12.6. The average Bonchev–Trinajstić information content (AvgIpc) is 2.66. The molecule has 0 aromatic heterocycles. The molecular weight excluding hydrogens is 224 g/mol. The molecule has 0 bridgehead atoms. The van der Waals surface area contributed by atoms with Gasteiger partial charge in [0.15, 0.2) is 0 Å². The van der Waals surface area contributed by atoms with Crippen LogP contribution in [0.3, 0.4) is 0 Å². The minimum absolute atomic E-state index is 0.158. The third-order valence-corrected chi connectivity index (χ3v) is 3.70. The molecule has 1 aliphatic rings. The van der Waals surface area contributed by atoms with Crippen molar-refractivity contribution in [3.63, 3.8) is 0 Å². The van der Waals surface area contributed by atoms with Crippen molar-refractivity contribution in [2.24, 2.45) is 0 Å². The zero-order chi connectivity index (χ0) is 13.1. The van der Waals surface area contributed by atoms with Crippen molar-refractivity contribution >= 4 is 6.03 Å². The predicted molar refractivity (Wildman–Crippen MR) is 76.8 cm³/mol. The maximum absolute atomic E-state index is 11.9. The Morgan fingerprint density at radius 2 is 1.56 bits per heavy atom. The first-order valence-electron chi connectivity index (χ1n) is 7.87. The van der Waals surface area contributed by atoms with E-state index >= 15 is 0 Å². The van der Waals surface area contributed by atoms with Crippen molar-refractivity contribution in [1.29, 1.82) is 0 Å². The molecular formula is C15H30N2O. The molecule has 0 radical (unpaired) electrons. The Bertz CT molecular complexity index is 211. The van der Waals surface area contributed by atoms with Gasteiger partial charge in [-0.25, -0.2) is 4.79 Å². The second-order valence-corrected chi connectivity index (χ2v) is 5.40. The maximum Gasteiger partial charge on any atom is 0.317 e. The normalized spacial score (nSPS) is 16.4. The lowest BCUT2D eigenvalue weighted by molar-refractivity contribution is 0.199. The molecule has 1 fully saturated rings. The second kappa shape index (κ2) is 10.2. The predicted octanol–water partition coefficient (Wildman–Crippen LogP) is 3.93. The van der Waals surface area contributed by atoms with Crippen molar-refractivity contribution in [2.75, 3.05) is 19.6 Å². The van der Waals surface area contributed by atoms with Crippen LogP contribution < -0.4 is 5.32 Å². The van der Waals surface area contributed by atoms with Gasteiger partial charge in [0.05, 0.1) is 0 Å². The molecule has 0 aromatic rings. The Kier molecular flexibility index (Phi) is 8.70. The van der Waals surface area contributed by atoms with Crippen LogP contribution >= 0.6 is 0 Å². The van der Waals surface area contributed by atoms with Crippen LogP contribution in [0.5, 0.6) is 0 Å². The number of carbonyl (C=O) groups excluding carboxylic acids is 1. The second-order valence-electron chi connectivity index (χ2n) is 5.40. The molecule has 0 saturated carbocycles. The molecule has 1 saturated heterocycles. The number of nitrogens with zero attached hydrogens (tertiary/aromatic N) is 1. The van der Waals surface area contributed by atoms with Crippen LogP contribution in [0.25, 0.3) is 0 Å². The van der Waals surface area contributed by atoms with Gasteiger partial charge in [0.1, 0.15) is 0 Å². The molecule has 1 heterocycles. The van der Waals surface area contributed by atoms with Crippen LogP contribution in [-0.2, 0) is 0 Å². The van der Waals surface area contributed by atoms with Gasteiger partial charge in [-0.2, -0.15) is 0 Å². The van der Waals surface area contributed by atoms with Crippen LogP contribution in [0.15, 0.2) is 0 Å². The van der Waals surface area contributed by atoms with E-state index in [1.54, 1.807) is 0 Å². The largest absolute Gasteiger partial charge is 0.338 e. The van der Waals surface area contributed by atoms with Gasteiger partial charge in [-0.05, 0) is 19.3 Å². The molecule has 3 heteroatoms. The SMILES string of the molecule is CCCCCCCCNC(=O)N1CCCCCC1. The van der Waals surface area contributed by atoms with Crippen LogP contribution in [-0.4, -0.2) is 30.6 Å². The highest BCUT2D eigenvalue weighted by atomic mass is 16.2. The molecule has 0 aliphatic carbocycles. The van der Waals surface area contributed by atoms with Gasteiger partial charge in [0.2, 0.25) is 0 Å². The first kappa shape index (κ1) is 15.3. The Morgan fingerprint density at radius 1 is 0.944 bits per heavy atom. The van der Waals surface area contributed by atoms with Gasteiger partial charge in [-0.3, -0.25) is 0 Å². The minimum atomic E-state index is 0.158. The molecule has 2 amide bonds. The average molecular weight is 254 g/mol. The highest BCUT2D eigenvalue weighted by Gasteiger charge is 2.14. The van der Waals surface area contributed by atoms with Gasteiger partial charge in [-0.15, -0.1) is 0 Å². The topological polar surface area (TPSA) is 32.3 Å². The van der Waals surface area contributed by atoms with E-state index in [0.29, 0.717) is 0 Å². The van der Waals surface area contributed by atoms with E-state index in [2.05, 4.69) is 12.2 Å². The third-order valence-electron chi connectivity index (χ3n) is 3.70. The summed E-state index contributed by atoms with van der Waals surface area (Å²) in [7, 11) is 0. The summed E-state index contributed by atoms with van der Waals surface area (Å²) in [5.41, 5.74) is 0. The fourth-order valence-corrected chi connectivity index (χ4v) is 2.49. The molecule has 1 N–H and O–H groups in total. The monoisotopic (exact) mass is 254 g/mol. The minimum Gasteiger partial charge on any atom is -0.338 e. The lowest BCUT2D eigenvalue weighted by atomic mass is 10.1. The maximum atomic E-state index is 11.9. The number of urea groups is 1. The van der Waals surface area contributed by atoms with Crippen molar-refractivity contribution in [1.82, 2.24) is 10.2 Å². The Labute approximate surface area is 112 Å². The molecule has 1 rings (SSSR count). The summed E-state index contributed by atoms with van der Waals surface area (Å²) in [5, 5.41) is 3.06. The van der Waals surface area contributed by atoms with Crippen molar-refractivity contribution in [3.8, 4) is 0 Å². The fraction of sp³-hybridized carbons (Fsp3) is 0.933. The van der Waals surface area contributed by atoms with E-state index in [1.165, 1.54) is 57.8 Å². The molecule has 106 valence electrons. The zero-order valence-corrected chi connectivity index (χ0v) is 12.0. The van der Waals surface area contributed by atoms with Gasteiger partial charge in [0.25, 0.3) is 0 Å². The van der Waals surface area contributed by atoms with Crippen molar-refractivity contribution < 1.29 is 4.79 Å². The zero-order valence-electron chi connectivity index (χ0n) is 12.0. The van der Waals surface area contributed by atoms with Gasteiger partial charge in [-0.1, -0.05) is 51.9 Å².